The lowest BCUT2D eigenvalue weighted by molar-refractivity contribution is 0.307. The number of hydrogen-bond donors (Lipinski definition) is 1. The van der Waals surface area contributed by atoms with Crippen molar-refractivity contribution < 1.29 is 4.74 Å². The van der Waals surface area contributed by atoms with Gasteiger partial charge < -0.3 is 4.74 Å². The molecule has 0 saturated carbocycles. The lowest BCUT2D eigenvalue weighted by Gasteiger charge is -2.11. The van der Waals surface area contributed by atoms with Crippen LogP contribution in [0.4, 0.5) is 5.13 Å². The van der Waals surface area contributed by atoms with Crippen molar-refractivity contribution in [1.29, 1.82) is 0 Å². The van der Waals surface area contributed by atoms with Crippen molar-refractivity contribution in [2.75, 3.05) is 12.0 Å². The molecule has 0 aliphatic rings. The zero-order valence-corrected chi connectivity index (χ0v) is 17.0. The van der Waals surface area contributed by atoms with E-state index in [0.29, 0.717) is 6.61 Å². The van der Waals surface area contributed by atoms with Gasteiger partial charge >= 0.3 is 0 Å². The van der Waals surface area contributed by atoms with Gasteiger partial charge in [0.05, 0.1) is 22.1 Å². The number of ether oxygens (including phenoxy) is 1. The zero-order valence-electron chi connectivity index (χ0n) is 12.4. The summed E-state index contributed by atoms with van der Waals surface area (Å²) in [6.45, 7) is 4.83. The molecule has 0 saturated heterocycles. The fourth-order valence-electron chi connectivity index (χ4n) is 1.71. The summed E-state index contributed by atoms with van der Waals surface area (Å²) in [6.07, 6.45) is 3.92. The number of rotatable bonds is 7. The SMILES string of the molecule is CCCCOc1c(I)cc(Br)cc1C=NNc1nc(C)cs1. The first-order valence-electron chi connectivity index (χ1n) is 6.93. The minimum absolute atomic E-state index is 0.716. The van der Waals surface area contributed by atoms with Crippen LogP contribution in [0.25, 0.3) is 0 Å². The lowest BCUT2D eigenvalue weighted by atomic mass is 10.2. The predicted octanol–water partition coefficient (Wildman–Crippen LogP) is 5.44. The number of halogens is 2. The fourth-order valence-corrected chi connectivity index (χ4v) is 4.05. The molecule has 2 aromatic rings. The fraction of sp³-hybridized carbons (Fsp3) is 0.333. The van der Waals surface area contributed by atoms with E-state index in [1.165, 1.54) is 11.3 Å². The molecule has 7 heteroatoms. The molecule has 22 heavy (non-hydrogen) atoms. The molecule has 2 rings (SSSR count). The van der Waals surface area contributed by atoms with Crippen LogP contribution in [0.2, 0.25) is 0 Å². The van der Waals surface area contributed by atoms with E-state index >= 15 is 0 Å². The van der Waals surface area contributed by atoms with Crippen molar-refractivity contribution in [2.45, 2.75) is 26.7 Å². The van der Waals surface area contributed by atoms with Gasteiger partial charge in [0.1, 0.15) is 5.75 Å². The quantitative estimate of drug-likeness (QED) is 0.241. The van der Waals surface area contributed by atoms with Gasteiger partial charge in [-0.05, 0) is 48.1 Å². The molecule has 0 unspecified atom stereocenters. The van der Waals surface area contributed by atoms with E-state index in [4.69, 9.17) is 4.74 Å². The van der Waals surface area contributed by atoms with Gasteiger partial charge in [0.15, 0.2) is 0 Å². The van der Waals surface area contributed by atoms with Crippen LogP contribution in [0.15, 0.2) is 27.1 Å². The first-order valence-corrected chi connectivity index (χ1v) is 9.68. The molecule has 0 fully saturated rings. The summed E-state index contributed by atoms with van der Waals surface area (Å²) in [6, 6.07) is 4.04. The van der Waals surface area contributed by atoms with E-state index in [1.54, 1.807) is 6.21 Å². The number of aromatic nitrogens is 1. The molecule has 118 valence electrons. The topological polar surface area (TPSA) is 46.5 Å². The zero-order chi connectivity index (χ0) is 15.9. The van der Waals surface area contributed by atoms with Crippen LogP contribution in [0, 0.1) is 10.5 Å². The van der Waals surface area contributed by atoms with E-state index in [9.17, 15) is 0 Å². The van der Waals surface area contributed by atoms with E-state index in [2.05, 4.69) is 61.0 Å². The third kappa shape index (κ3) is 5.20. The van der Waals surface area contributed by atoms with Crippen LogP contribution in [-0.4, -0.2) is 17.8 Å². The van der Waals surface area contributed by atoms with Crippen LogP contribution in [0.3, 0.4) is 0 Å². The summed E-state index contributed by atoms with van der Waals surface area (Å²) in [5.74, 6) is 0.873. The first-order chi connectivity index (χ1) is 10.6. The Labute approximate surface area is 156 Å². The molecule has 0 radical (unpaired) electrons. The summed E-state index contributed by atoms with van der Waals surface area (Å²) >= 11 is 7.33. The minimum atomic E-state index is 0.716. The van der Waals surface area contributed by atoms with E-state index < -0.39 is 0 Å². The smallest absolute Gasteiger partial charge is 0.203 e. The van der Waals surface area contributed by atoms with Gasteiger partial charge in [-0.25, -0.2) is 4.98 Å². The van der Waals surface area contributed by atoms with Gasteiger partial charge in [-0.15, -0.1) is 11.3 Å². The summed E-state index contributed by atoms with van der Waals surface area (Å²) in [5.41, 5.74) is 4.88. The van der Waals surface area contributed by atoms with Crippen LogP contribution in [0.1, 0.15) is 31.0 Å². The second-order valence-electron chi connectivity index (χ2n) is 4.67. The number of thiazole rings is 1. The van der Waals surface area contributed by atoms with Crippen molar-refractivity contribution in [1.82, 2.24) is 4.98 Å². The maximum Gasteiger partial charge on any atom is 0.203 e. The second-order valence-corrected chi connectivity index (χ2v) is 7.61. The Morgan fingerprint density at radius 1 is 1.50 bits per heavy atom. The molecule has 1 aromatic heterocycles. The normalized spacial score (nSPS) is 11.1. The number of benzene rings is 1. The van der Waals surface area contributed by atoms with Crippen molar-refractivity contribution >= 4 is 61.2 Å². The molecular formula is C15H17BrIN3OS. The summed E-state index contributed by atoms with van der Waals surface area (Å²) in [4.78, 5) is 4.31. The van der Waals surface area contributed by atoms with E-state index in [1.807, 2.05) is 24.4 Å². The van der Waals surface area contributed by atoms with Crippen LogP contribution >= 0.6 is 49.9 Å². The standard InChI is InChI=1S/C15H17BrIN3OS/c1-3-4-5-21-14-11(6-12(16)7-13(14)17)8-18-20-15-19-10(2)9-22-15/h6-9H,3-5H2,1-2H3,(H,19,20). The summed E-state index contributed by atoms with van der Waals surface area (Å²) in [5, 5.41) is 7.03. The predicted molar refractivity (Wildman–Crippen MR) is 105 cm³/mol. The molecule has 1 N–H and O–H groups in total. The summed E-state index contributed by atoms with van der Waals surface area (Å²) in [7, 11) is 0. The molecule has 0 bridgehead atoms. The molecule has 0 atom stereocenters. The minimum Gasteiger partial charge on any atom is -0.492 e. The van der Waals surface area contributed by atoms with E-state index in [-0.39, 0.29) is 0 Å². The number of hydrazone groups is 1. The average Bonchev–Trinajstić information content (AvgIpc) is 2.87. The van der Waals surface area contributed by atoms with E-state index in [0.717, 1.165) is 43.0 Å². The monoisotopic (exact) mass is 493 g/mol. The molecule has 0 aliphatic carbocycles. The van der Waals surface area contributed by atoms with Gasteiger partial charge in [0.2, 0.25) is 5.13 Å². The molecule has 0 amide bonds. The largest absolute Gasteiger partial charge is 0.492 e. The number of anilines is 1. The van der Waals surface area contributed by atoms with Gasteiger partial charge in [-0.2, -0.15) is 5.10 Å². The summed E-state index contributed by atoms with van der Waals surface area (Å²) < 4.78 is 7.98. The molecule has 4 nitrogen and oxygen atoms in total. The third-order valence-electron chi connectivity index (χ3n) is 2.76. The van der Waals surface area contributed by atoms with Crippen LogP contribution in [-0.2, 0) is 0 Å². The molecule has 0 aliphatic heterocycles. The van der Waals surface area contributed by atoms with Gasteiger partial charge in [-0.1, -0.05) is 29.3 Å². The third-order valence-corrected chi connectivity index (χ3v) is 4.89. The number of aryl methyl sites for hydroxylation is 1. The highest BCUT2D eigenvalue weighted by molar-refractivity contribution is 14.1. The second kappa shape index (κ2) is 8.83. The Balaban J connectivity index is 2.13. The van der Waals surface area contributed by atoms with Gasteiger partial charge in [0, 0.05) is 15.4 Å². The Bertz CT molecular complexity index is 660. The van der Waals surface area contributed by atoms with Gasteiger partial charge in [-0.3, -0.25) is 5.43 Å². The van der Waals surface area contributed by atoms with Crippen LogP contribution < -0.4 is 10.2 Å². The van der Waals surface area contributed by atoms with Crippen molar-refractivity contribution in [2.24, 2.45) is 5.10 Å². The number of hydrogen-bond acceptors (Lipinski definition) is 5. The molecule has 1 aromatic carbocycles. The lowest BCUT2D eigenvalue weighted by Crippen LogP contribution is -2.02. The average molecular weight is 494 g/mol. The van der Waals surface area contributed by atoms with Crippen molar-refractivity contribution in [3.05, 3.63) is 36.8 Å². The molecular weight excluding hydrogens is 477 g/mol. The van der Waals surface area contributed by atoms with Crippen molar-refractivity contribution in [3.63, 3.8) is 0 Å². The Morgan fingerprint density at radius 3 is 3.00 bits per heavy atom. The Kier molecular flexibility index (Phi) is 7.10. The van der Waals surface area contributed by atoms with Crippen molar-refractivity contribution in [3.8, 4) is 5.75 Å². The first kappa shape index (κ1) is 17.7. The van der Waals surface area contributed by atoms with Gasteiger partial charge in [0.25, 0.3) is 0 Å². The number of unbranched alkanes of at least 4 members (excludes halogenated alkanes) is 1. The Hall–Kier alpha value is -0.670. The molecule has 1 heterocycles. The highest BCUT2D eigenvalue weighted by atomic mass is 127. The number of nitrogens with zero attached hydrogens (tertiary/aromatic N) is 2. The molecule has 0 spiro atoms. The highest BCUT2D eigenvalue weighted by Gasteiger charge is 2.09. The maximum absolute atomic E-state index is 5.91. The van der Waals surface area contributed by atoms with Crippen LogP contribution in [0.5, 0.6) is 5.75 Å². The number of nitrogens with one attached hydrogen (secondary N) is 1. The maximum atomic E-state index is 5.91. The highest BCUT2D eigenvalue weighted by Crippen LogP contribution is 2.29. The Morgan fingerprint density at radius 2 is 2.32 bits per heavy atom.